The SMILES string of the molecule is Cc1ccc(S(=O)(=O)N2CCC[C@H]3O[C@]32C2(O[Si](C)(C)C(C)(C)C)CCC2)cc1. The molecule has 0 bridgehead atoms. The molecule has 29 heavy (non-hydrogen) atoms. The highest BCUT2D eigenvalue weighted by atomic mass is 32.2. The fourth-order valence-corrected chi connectivity index (χ4v) is 8.10. The Morgan fingerprint density at radius 1 is 1.14 bits per heavy atom. The van der Waals surface area contributed by atoms with E-state index >= 15 is 0 Å². The monoisotopic (exact) mass is 437 g/mol. The summed E-state index contributed by atoms with van der Waals surface area (Å²) in [5.74, 6) is 0. The lowest BCUT2D eigenvalue weighted by atomic mass is 9.72. The highest BCUT2D eigenvalue weighted by molar-refractivity contribution is 7.89. The zero-order valence-corrected chi connectivity index (χ0v) is 20.4. The smallest absolute Gasteiger partial charge is 0.245 e. The first-order valence-electron chi connectivity index (χ1n) is 10.8. The molecule has 1 aliphatic carbocycles. The number of nitrogens with zero attached hydrogens (tertiary/aromatic N) is 1. The maximum atomic E-state index is 13.7. The molecule has 3 aliphatic rings. The average molecular weight is 438 g/mol. The van der Waals surface area contributed by atoms with Crippen molar-refractivity contribution >= 4 is 18.3 Å². The summed E-state index contributed by atoms with van der Waals surface area (Å²) in [6.07, 6.45) is 4.48. The Morgan fingerprint density at radius 3 is 2.28 bits per heavy atom. The van der Waals surface area contributed by atoms with E-state index in [0.29, 0.717) is 11.4 Å². The van der Waals surface area contributed by atoms with Gasteiger partial charge in [-0.1, -0.05) is 38.5 Å². The minimum absolute atomic E-state index is 0.0541. The molecule has 0 unspecified atom stereocenters. The van der Waals surface area contributed by atoms with Gasteiger partial charge >= 0.3 is 0 Å². The Balaban J connectivity index is 1.74. The lowest BCUT2D eigenvalue weighted by Crippen LogP contribution is -2.68. The van der Waals surface area contributed by atoms with Crippen LogP contribution in [0.15, 0.2) is 29.2 Å². The van der Waals surface area contributed by atoms with Crippen LogP contribution in [0.25, 0.3) is 0 Å². The molecule has 4 rings (SSSR count). The first-order valence-corrected chi connectivity index (χ1v) is 15.2. The highest BCUT2D eigenvalue weighted by Crippen LogP contribution is 2.63. The van der Waals surface area contributed by atoms with Gasteiger partial charge in [0, 0.05) is 6.54 Å². The molecule has 0 spiro atoms. The van der Waals surface area contributed by atoms with Crippen molar-refractivity contribution in [1.29, 1.82) is 0 Å². The van der Waals surface area contributed by atoms with Crippen molar-refractivity contribution in [3.63, 3.8) is 0 Å². The molecule has 0 radical (unpaired) electrons. The van der Waals surface area contributed by atoms with Crippen LogP contribution in [0.1, 0.15) is 58.4 Å². The van der Waals surface area contributed by atoms with Crippen LogP contribution < -0.4 is 0 Å². The number of fused-ring (bicyclic) bond motifs is 1. The van der Waals surface area contributed by atoms with E-state index in [2.05, 4.69) is 33.9 Å². The Bertz CT molecular complexity index is 886. The second-order valence-electron chi connectivity index (χ2n) is 10.5. The van der Waals surface area contributed by atoms with Crippen LogP contribution in [0, 0.1) is 6.92 Å². The fraction of sp³-hybridized carbons (Fsp3) is 0.727. The zero-order chi connectivity index (χ0) is 21.3. The second-order valence-corrected chi connectivity index (χ2v) is 17.1. The fourth-order valence-electron chi connectivity index (χ4n) is 4.68. The molecule has 2 aliphatic heterocycles. The van der Waals surface area contributed by atoms with E-state index in [1.807, 2.05) is 19.1 Å². The van der Waals surface area contributed by atoms with Crippen LogP contribution in [0.2, 0.25) is 18.1 Å². The van der Waals surface area contributed by atoms with Gasteiger partial charge in [0.1, 0.15) is 11.7 Å². The van der Waals surface area contributed by atoms with E-state index in [-0.39, 0.29) is 11.1 Å². The molecule has 5 nitrogen and oxygen atoms in total. The maximum Gasteiger partial charge on any atom is 0.245 e. The van der Waals surface area contributed by atoms with E-state index < -0.39 is 29.7 Å². The van der Waals surface area contributed by atoms with Gasteiger partial charge in [-0.25, -0.2) is 8.42 Å². The summed E-state index contributed by atoms with van der Waals surface area (Å²) in [6, 6.07) is 7.15. The van der Waals surface area contributed by atoms with Crippen molar-refractivity contribution in [3.05, 3.63) is 29.8 Å². The molecular formula is C22H35NO4SSi. The third kappa shape index (κ3) is 3.16. The minimum atomic E-state index is -3.65. The highest BCUT2D eigenvalue weighted by Gasteiger charge is 2.78. The zero-order valence-electron chi connectivity index (χ0n) is 18.6. The molecule has 0 amide bonds. The number of benzene rings is 1. The van der Waals surface area contributed by atoms with Gasteiger partial charge in [0.2, 0.25) is 10.0 Å². The summed E-state index contributed by atoms with van der Waals surface area (Å²) < 4.78 is 42.4. The number of piperidine rings is 1. The van der Waals surface area contributed by atoms with Crippen LogP contribution in [0.3, 0.4) is 0 Å². The summed E-state index contributed by atoms with van der Waals surface area (Å²) >= 11 is 0. The number of rotatable bonds is 5. The van der Waals surface area contributed by atoms with E-state index in [1.54, 1.807) is 16.4 Å². The van der Waals surface area contributed by atoms with Gasteiger partial charge in [0.25, 0.3) is 0 Å². The third-order valence-corrected chi connectivity index (χ3v) is 14.0. The van der Waals surface area contributed by atoms with E-state index in [0.717, 1.165) is 37.7 Å². The van der Waals surface area contributed by atoms with Crippen molar-refractivity contribution in [1.82, 2.24) is 4.31 Å². The van der Waals surface area contributed by atoms with E-state index in [4.69, 9.17) is 9.16 Å². The molecule has 2 saturated heterocycles. The summed E-state index contributed by atoms with van der Waals surface area (Å²) in [6.45, 7) is 13.7. The first-order chi connectivity index (χ1) is 13.4. The summed E-state index contributed by atoms with van der Waals surface area (Å²) in [5, 5.41) is 0.0615. The van der Waals surface area contributed by atoms with Crippen LogP contribution in [0.5, 0.6) is 0 Å². The number of hydrogen-bond donors (Lipinski definition) is 0. The number of epoxide rings is 1. The van der Waals surface area contributed by atoms with Gasteiger partial charge < -0.3 is 9.16 Å². The minimum Gasteiger partial charge on any atom is -0.407 e. The normalized spacial score (nSPS) is 29.8. The quantitative estimate of drug-likeness (QED) is 0.489. The van der Waals surface area contributed by atoms with Crippen molar-refractivity contribution in [2.24, 2.45) is 0 Å². The standard InChI is InChI=1S/C22H35NO4SSi/c1-17-10-12-18(13-11-17)28(24,25)23-16-7-9-19-22(23,26-19)21(14-8-15-21)27-29(5,6)20(2,3)4/h10-13,19H,7-9,14-16H2,1-6H3/t19-,22+/m1/s1. The lowest BCUT2D eigenvalue weighted by molar-refractivity contribution is -0.126. The van der Waals surface area contributed by atoms with E-state index in [1.165, 1.54) is 0 Å². The molecule has 2 heterocycles. The predicted molar refractivity (Wildman–Crippen MR) is 117 cm³/mol. The second kappa shape index (κ2) is 6.63. The number of hydrogen-bond acceptors (Lipinski definition) is 4. The van der Waals surface area contributed by atoms with Gasteiger partial charge in [0.05, 0.1) is 4.90 Å². The summed E-state index contributed by atoms with van der Waals surface area (Å²) in [4.78, 5) is 0.348. The van der Waals surface area contributed by atoms with Crippen molar-refractivity contribution in [2.45, 2.75) is 100 Å². The predicted octanol–water partition coefficient (Wildman–Crippen LogP) is 4.82. The van der Waals surface area contributed by atoms with Crippen molar-refractivity contribution in [2.75, 3.05) is 6.54 Å². The molecule has 0 aromatic heterocycles. The molecule has 1 aromatic rings. The van der Waals surface area contributed by atoms with Crippen LogP contribution in [-0.4, -0.2) is 45.0 Å². The van der Waals surface area contributed by atoms with Gasteiger partial charge in [-0.3, -0.25) is 0 Å². The Kier molecular flexibility index (Phi) is 4.91. The Labute approximate surface area is 177 Å². The maximum absolute atomic E-state index is 13.7. The molecule has 2 atom stereocenters. The van der Waals surface area contributed by atoms with Gasteiger partial charge in [-0.05, 0) is 69.3 Å². The molecule has 3 fully saturated rings. The molecule has 162 valence electrons. The van der Waals surface area contributed by atoms with Crippen LogP contribution in [0.4, 0.5) is 0 Å². The van der Waals surface area contributed by atoms with Crippen molar-refractivity contribution < 1.29 is 17.6 Å². The molecule has 1 saturated carbocycles. The summed E-state index contributed by atoms with van der Waals surface area (Å²) in [5.41, 5.74) is -0.295. The van der Waals surface area contributed by atoms with Crippen LogP contribution in [-0.2, 0) is 19.2 Å². The first kappa shape index (κ1) is 21.5. The topological polar surface area (TPSA) is 59.1 Å². The third-order valence-electron chi connectivity index (χ3n) is 7.58. The van der Waals surface area contributed by atoms with Gasteiger partial charge in [-0.2, -0.15) is 4.31 Å². The molecule has 0 N–H and O–H groups in total. The number of aryl methyl sites for hydroxylation is 1. The van der Waals surface area contributed by atoms with Gasteiger partial charge in [-0.15, -0.1) is 0 Å². The lowest BCUT2D eigenvalue weighted by Gasteiger charge is -2.55. The van der Waals surface area contributed by atoms with Crippen LogP contribution >= 0.6 is 0 Å². The molecule has 7 heteroatoms. The summed E-state index contributed by atoms with van der Waals surface area (Å²) in [7, 11) is -5.74. The molecular weight excluding hydrogens is 402 g/mol. The average Bonchev–Trinajstić information content (AvgIpc) is 3.33. The number of ether oxygens (including phenoxy) is 1. The van der Waals surface area contributed by atoms with E-state index in [9.17, 15) is 8.42 Å². The Hall–Kier alpha value is -0.733. The number of sulfonamides is 1. The van der Waals surface area contributed by atoms with Crippen molar-refractivity contribution in [3.8, 4) is 0 Å². The Morgan fingerprint density at radius 2 is 1.76 bits per heavy atom. The van der Waals surface area contributed by atoms with Gasteiger partial charge in [0.15, 0.2) is 14.0 Å². The largest absolute Gasteiger partial charge is 0.407 e. The molecule has 1 aromatic carbocycles.